The highest BCUT2D eigenvalue weighted by Gasteiger charge is 2.26. The van der Waals surface area contributed by atoms with Gasteiger partial charge in [-0.1, -0.05) is 32.6 Å². The molecule has 1 aliphatic heterocycles. The lowest BCUT2D eigenvalue weighted by Gasteiger charge is -2.33. The highest BCUT2D eigenvalue weighted by Crippen LogP contribution is 2.28. The number of fused-ring (bicyclic) bond motifs is 1. The third-order valence-electron chi connectivity index (χ3n) is 6.51. The summed E-state index contributed by atoms with van der Waals surface area (Å²) < 4.78 is 18.8. The first-order valence-electron chi connectivity index (χ1n) is 13.3. The first-order chi connectivity index (χ1) is 17.1. The van der Waals surface area contributed by atoms with Crippen LogP contribution in [0.5, 0.6) is 12.0 Å². The van der Waals surface area contributed by atoms with Gasteiger partial charge in [0.25, 0.3) is 6.01 Å². The minimum absolute atomic E-state index is 0.0149. The number of imidazole rings is 1. The number of aromatic nitrogens is 4. The summed E-state index contributed by atoms with van der Waals surface area (Å²) in [4.78, 5) is 27.5. The topological polar surface area (TPSA) is 118 Å². The van der Waals surface area contributed by atoms with Gasteiger partial charge in [-0.2, -0.15) is 15.0 Å². The third kappa shape index (κ3) is 7.61. The van der Waals surface area contributed by atoms with Crippen molar-refractivity contribution in [3.05, 3.63) is 0 Å². The van der Waals surface area contributed by atoms with E-state index in [9.17, 15) is 4.79 Å². The number of piperidine rings is 1. The summed E-state index contributed by atoms with van der Waals surface area (Å²) in [6, 6.07) is 0.766. The number of nitrogen functional groups attached to an aromatic ring is 1. The Morgan fingerprint density at radius 2 is 1.86 bits per heavy atom. The Morgan fingerprint density at radius 3 is 2.50 bits per heavy atom. The molecule has 10 nitrogen and oxygen atoms in total. The molecule has 0 radical (unpaired) electrons. The van der Waals surface area contributed by atoms with Crippen LogP contribution >= 0.6 is 0 Å². The van der Waals surface area contributed by atoms with E-state index in [0.717, 1.165) is 64.6 Å². The Morgan fingerprint density at radius 1 is 1.14 bits per heavy atom. The van der Waals surface area contributed by atoms with Crippen LogP contribution in [0.4, 0.5) is 10.6 Å². The first-order valence-corrected chi connectivity index (χ1v) is 13.3. The number of hydrogen-bond acceptors (Lipinski definition) is 8. The minimum Gasteiger partial charge on any atom is -0.468 e. The van der Waals surface area contributed by atoms with E-state index < -0.39 is 5.60 Å². The molecule has 2 N–H and O–H groups in total. The van der Waals surface area contributed by atoms with Gasteiger partial charge in [0, 0.05) is 19.6 Å². The Labute approximate surface area is 214 Å². The number of methoxy groups -OCH3 is 1. The van der Waals surface area contributed by atoms with Crippen LogP contribution in [-0.2, 0) is 11.3 Å². The highest BCUT2D eigenvalue weighted by molar-refractivity contribution is 5.83. The van der Waals surface area contributed by atoms with Gasteiger partial charge in [-0.15, -0.1) is 0 Å². The van der Waals surface area contributed by atoms with Gasteiger partial charge in [0.05, 0.1) is 13.2 Å². The second kappa shape index (κ2) is 12.5. The van der Waals surface area contributed by atoms with Gasteiger partial charge < -0.3 is 24.8 Å². The summed E-state index contributed by atoms with van der Waals surface area (Å²) in [5.41, 5.74) is 6.91. The van der Waals surface area contributed by atoms with E-state index in [1.165, 1.54) is 6.42 Å². The summed E-state index contributed by atoms with van der Waals surface area (Å²) >= 11 is 0. The van der Waals surface area contributed by atoms with Crippen molar-refractivity contribution in [3.8, 4) is 12.0 Å². The molecule has 1 fully saturated rings. The molecule has 1 saturated heterocycles. The number of anilines is 1. The van der Waals surface area contributed by atoms with Crippen molar-refractivity contribution in [3.63, 3.8) is 0 Å². The number of unbranched alkanes of at least 4 members (excludes halogenated alkanes) is 2. The molecule has 2 aromatic heterocycles. The smallest absolute Gasteiger partial charge is 0.410 e. The van der Waals surface area contributed by atoms with Crippen molar-refractivity contribution in [2.45, 2.75) is 104 Å². The van der Waals surface area contributed by atoms with Crippen LogP contribution in [0.25, 0.3) is 11.2 Å². The third-order valence-corrected chi connectivity index (χ3v) is 6.51. The van der Waals surface area contributed by atoms with Crippen LogP contribution in [-0.4, -0.2) is 62.4 Å². The fraction of sp³-hybridized carbons (Fsp3) is 0.769. The summed E-state index contributed by atoms with van der Waals surface area (Å²) in [5.74, 6) is 0.957. The Hall–Kier alpha value is -2.78. The van der Waals surface area contributed by atoms with Crippen LogP contribution in [0, 0.1) is 5.92 Å². The van der Waals surface area contributed by atoms with Crippen molar-refractivity contribution in [2.75, 3.05) is 25.9 Å². The largest absolute Gasteiger partial charge is 0.468 e. The van der Waals surface area contributed by atoms with Crippen molar-refractivity contribution in [1.82, 2.24) is 24.4 Å². The lowest BCUT2D eigenvalue weighted by molar-refractivity contribution is 0.0180. The summed E-state index contributed by atoms with van der Waals surface area (Å²) in [6.45, 7) is 12.1. The lowest BCUT2D eigenvalue weighted by atomic mass is 9.91. The molecule has 0 unspecified atom stereocenters. The normalized spacial score (nSPS) is 15.8. The number of aryl methyl sites for hydroxylation is 1. The predicted octanol–water partition coefficient (Wildman–Crippen LogP) is 5.19. The fourth-order valence-electron chi connectivity index (χ4n) is 4.65. The monoisotopic (exact) mass is 504 g/mol. The lowest BCUT2D eigenvalue weighted by Crippen LogP contribution is -2.41. The van der Waals surface area contributed by atoms with Crippen LogP contribution < -0.4 is 15.2 Å². The summed E-state index contributed by atoms with van der Waals surface area (Å²) in [5, 5.41) is 0. The van der Waals surface area contributed by atoms with E-state index >= 15 is 0 Å². The number of likely N-dealkylation sites (tertiary alicyclic amines) is 1. The summed E-state index contributed by atoms with van der Waals surface area (Å²) in [6.07, 6.45) is 8.22. The number of ether oxygens (including phenoxy) is 3. The van der Waals surface area contributed by atoms with Gasteiger partial charge in [0.15, 0.2) is 17.0 Å². The van der Waals surface area contributed by atoms with E-state index in [1.807, 2.05) is 37.2 Å². The molecular weight excluding hydrogens is 460 g/mol. The minimum atomic E-state index is -0.447. The maximum atomic E-state index is 12.3. The molecule has 0 spiro atoms. The van der Waals surface area contributed by atoms with Crippen LogP contribution in [0.15, 0.2) is 0 Å². The van der Waals surface area contributed by atoms with Gasteiger partial charge >= 0.3 is 12.1 Å². The van der Waals surface area contributed by atoms with Crippen molar-refractivity contribution >= 4 is 23.1 Å². The van der Waals surface area contributed by atoms with E-state index in [2.05, 4.69) is 21.9 Å². The molecule has 202 valence electrons. The molecular formula is C26H44N6O4. The number of nitrogens with two attached hydrogens (primary N) is 1. The molecule has 0 saturated carbocycles. The maximum absolute atomic E-state index is 12.3. The molecule has 3 rings (SSSR count). The second-order valence-corrected chi connectivity index (χ2v) is 10.8. The van der Waals surface area contributed by atoms with Crippen LogP contribution in [0.2, 0.25) is 0 Å². The van der Waals surface area contributed by atoms with Crippen LogP contribution in [0.3, 0.4) is 0 Å². The number of amides is 1. The SMILES string of the molecule is CCC[C@H](C)Oc1nc(N)c2nc(OC)n(CCCCCC3CCN(C(=O)OC(C)(C)C)CC3)c2n1. The van der Waals surface area contributed by atoms with E-state index in [-0.39, 0.29) is 18.2 Å². The zero-order valence-corrected chi connectivity index (χ0v) is 22.9. The Balaban J connectivity index is 1.49. The molecule has 10 heteroatoms. The number of nitrogens with zero attached hydrogens (tertiary/aromatic N) is 5. The van der Waals surface area contributed by atoms with Gasteiger partial charge in [-0.3, -0.25) is 4.57 Å². The predicted molar refractivity (Wildman–Crippen MR) is 140 cm³/mol. The number of hydrogen-bond donors (Lipinski definition) is 1. The first kappa shape index (κ1) is 27.8. The average Bonchev–Trinajstić information content (AvgIpc) is 3.16. The fourth-order valence-corrected chi connectivity index (χ4v) is 4.65. The second-order valence-electron chi connectivity index (χ2n) is 10.8. The highest BCUT2D eigenvalue weighted by atomic mass is 16.6. The molecule has 0 aromatic carbocycles. The van der Waals surface area contributed by atoms with Crippen LogP contribution in [0.1, 0.15) is 86.0 Å². The standard InChI is InChI=1S/C26H44N6O4/c1-7-11-18(2)35-23-29-21(27)20-22(30-23)32(24(28-20)34-6)15-10-8-9-12-19-13-16-31(17-14-19)25(33)36-26(3,4)5/h18-19H,7-17H2,1-6H3,(H2,27,29,30)/t18-/m0/s1. The zero-order chi connectivity index (χ0) is 26.3. The van der Waals surface area contributed by atoms with Gasteiger partial charge in [-0.25, -0.2) is 4.79 Å². The Kier molecular flexibility index (Phi) is 9.62. The maximum Gasteiger partial charge on any atom is 0.410 e. The molecule has 1 aliphatic rings. The molecule has 1 atom stereocenters. The van der Waals surface area contributed by atoms with E-state index in [4.69, 9.17) is 19.9 Å². The van der Waals surface area contributed by atoms with E-state index in [1.54, 1.807) is 7.11 Å². The van der Waals surface area contributed by atoms with Gasteiger partial charge in [0.1, 0.15) is 5.60 Å². The van der Waals surface area contributed by atoms with Gasteiger partial charge in [0.2, 0.25) is 0 Å². The molecule has 0 aliphatic carbocycles. The summed E-state index contributed by atoms with van der Waals surface area (Å²) in [7, 11) is 1.60. The molecule has 36 heavy (non-hydrogen) atoms. The zero-order valence-electron chi connectivity index (χ0n) is 22.9. The van der Waals surface area contributed by atoms with Crippen molar-refractivity contribution in [2.24, 2.45) is 5.92 Å². The molecule has 3 heterocycles. The quantitative estimate of drug-likeness (QED) is 0.415. The van der Waals surface area contributed by atoms with Gasteiger partial charge in [-0.05, 0) is 59.3 Å². The van der Waals surface area contributed by atoms with Crippen molar-refractivity contribution < 1.29 is 19.0 Å². The molecule has 0 bridgehead atoms. The van der Waals surface area contributed by atoms with Crippen molar-refractivity contribution in [1.29, 1.82) is 0 Å². The number of carbonyl (C=O) groups excluding carboxylic acids is 1. The molecule has 1 amide bonds. The average molecular weight is 505 g/mol. The number of carbonyl (C=O) groups is 1. The Bertz CT molecular complexity index is 994. The number of rotatable bonds is 11. The van der Waals surface area contributed by atoms with E-state index in [0.29, 0.717) is 28.9 Å². The molecule has 2 aromatic rings.